The first-order valence-corrected chi connectivity index (χ1v) is 6.01. The third-order valence-electron chi connectivity index (χ3n) is 2.77. The molecule has 10 heteroatoms. The molecule has 2 heterocycles. The van der Waals surface area contributed by atoms with Gasteiger partial charge < -0.3 is 0 Å². The lowest BCUT2D eigenvalue weighted by Gasteiger charge is -2.18. The number of nitrogens with zero attached hydrogens (tertiary/aromatic N) is 5. The van der Waals surface area contributed by atoms with Gasteiger partial charge in [-0.25, -0.2) is 9.97 Å². The second-order valence-electron chi connectivity index (χ2n) is 5.60. The Morgan fingerprint density at radius 3 is 2.14 bits per heavy atom. The van der Waals surface area contributed by atoms with Gasteiger partial charge in [0.15, 0.2) is 11.5 Å². The van der Waals surface area contributed by atoms with Crippen molar-refractivity contribution < 1.29 is 22.0 Å². The summed E-state index contributed by atoms with van der Waals surface area (Å²) in [5, 5.41) is 12.8. The number of rotatable bonds is 1. The van der Waals surface area contributed by atoms with Gasteiger partial charge in [-0.2, -0.15) is 31.7 Å². The lowest BCUT2D eigenvalue weighted by molar-refractivity contribution is -0.290. The molecule has 0 aliphatic heterocycles. The molecular formula is C12H10F5N5. The third kappa shape index (κ3) is 2.47. The van der Waals surface area contributed by atoms with Crippen molar-refractivity contribution in [2.24, 2.45) is 0 Å². The van der Waals surface area contributed by atoms with Crippen LogP contribution in [0.5, 0.6) is 0 Å². The molecule has 0 aliphatic carbocycles. The van der Waals surface area contributed by atoms with E-state index in [1.54, 1.807) is 20.8 Å². The van der Waals surface area contributed by atoms with Crippen LogP contribution in [-0.4, -0.2) is 25.8 Å². The summed E-state index contributed by atoms with van der Waals surface area (Å²) in [6.07, 6.45) is -5.82. The molecule has 0 unspecified atom stereocenters. The van der Waals surface area contributed by atoms with Gasteiger partial charge in [-0.3, -0.25) is 0 Å². The number of nitriles is 1. The summed E-state index contributed by atoms with van der Waals surface area (Å²) in [5.74, 6) is -5.69. The molecular weight excluding hydrogens is 309 g/mol. The predicted molar refractivity (Wildman–Crippen MR) is 64.1 cm³/mol. The van der Waals surface area contributed by atoms with Gasteiger partial charge in [-0.15, -0.1) is 5.10 Å². The quantitative estimate of drug-likeness (QED) is 0.758. The fourth-order valence-electron chi connectivity index (χ4n) is 1.59. The molecule has 2 aromatic rings. The summed E-state index contributed by atoms with van der Waals surface area (Å²) >= 11 is 0. The first-order chi connectivity index (χ1) is 9.88. The molecule has 2 rings (SSSR count). The van der Waals surface area contributed by atoms with E-state index in [-0.39, 0.29) is 11.5 Å². The van der Waals surface area contributed by atoms with Gasteiger partial charge in [0.1, 0.15) is 11.8 Å². The van der Waals surface area contributed by atoms with Crippen molar-refractivity contribution in [3.8, 4) is 6.07 Å². The zero-order chi connectivity index (χ0) is 16.9. The van der Waals surface area contributed by atoms with Crippen molar-refractivity contribution in [1.29, 1.82) is 5.26 Å². The molecule has 0 fully saturated rings. The number of fused-ring (bicyclic) bond motifs is 1. The zero-order valence-corrected chi connectivity index (χ0v) is 11.7. The number of hydrogen-bond donors (Lipinski definition) is 0. The van der Waals surface area contributed by atoms with Crippen molar-refractivity contribution in [3.05, 3.63) is 23.4 Å². The van der Waals surface area contributed by atoms with Crippen LogP contribution in [0.1, 0.15) is 38.1 Å². The van der Waals surface area contributed by atoms with Gasteiger partial charge in [0.25, 0.3) is 0 Å². The molecule has 118 valence electrons. The van der Waals surface area contributed by atoms with E-state index in [0.717, 1.165) is 4.52 Å². The Hall–Kier alpha value is -2.31. The summed E-state index contributed by atoms with van der Waals surface area (Å²) in [7, 11) is 0. The minimum absolute atomic E-state index is 0.193. The van der Waals surface area contributed by atoms with Crippen LogP contribution >= 0.6 is 0 Å². The highest BCUT2D eigenvalue weighted by molar-refractivity contribution is 5.43. The van der Waals surface area contributed by atoms with E-state index >= 15 is 0 Å². The molecule has 0 bridgehead atoms. The highest BCUT2D eigenvalue weighted by Gasteiger charge is 2.60. The summed E-state index contributed by atoms with van der Waals surface area (Å²) in [6.45, 7) is 5.19. The molecule has 0 aromatic carbocycles. The van der Waals surface area contributed by atoms with E-state index in [2.05, 4.69) is 15.1 Å². The Kier molecular flexibility index (Phi) is 3.35. The molecule has 0 N–H and O–H groups in total. The van der Waals surface area contributed by atoms with Gasteiger partial charge in [0.05, 0.1) is 0 Å². The van der Waals surface area contributed by atoms with E-state index in [1.807, 2.05) is 0 Å². The summed E-state index contributed by atoms with van der Waals surface area (Å²) in [4.78, 5) is 6.99. The second-order valence-corrected chi connectivity index (χ2v) is 5.60. The minimum Gasteiger partial charge on any atom is -0.217 e. The van der Waals surface area contributed by atoms with Crippen LogP contribution in [0.3, 0.4) is 0 Å². The van der Waals surface area contributed by atoms with Crippen molar-refractivity contribution in [1.82, 2.24) is 19.6 Å². The summed E-state index contributed by atoms with van der Waals surface area (Å²) in [5.41, 5.74) is -2.46. The lowest BCUT2D eigenvalue weighted by atomic mass is 9.96. The average molecular weight is 319 g/mol. The second kappa shape index (κ2) is 4.59. The van der Waals surface area contributed by atoms with Crippen molar-refractivity contribution in [2.45, 2.75) is 38.3 Å². The van der Waals surface area contributed by atoms with Gasteiger partial charge in [-0.1, -0.05) is 20.8 Å². The SMILES string of the molecule is CC(C)(C)c1nc2cc(C(F)(F)C(F)(F)F)nc(C#N)n2n1. The van der Waals surface area contributed by atoms with Crippen LogP contribution < -0.4 is 0 Å². The highest BCUT2D eigenvalue weighted by Crippen LogP contribution is 2.43. The molecule has 0 radical (unpaired) electrons. The number of hydrogen-bond acceptors (Lipinski definition) is 4. The number of halogens is 5. The fourth-order valence-corrected chi connectivity index (χ4v) is 1.59. The standard InChI is InChI=1S/C12H10F5N5/c1-10(2,3)9-20-7-4-6(11(13,14)12(15,16)17)19-8(5-18)22(7)21-9/h4H,1-3H3. The van der Waals surface area contributed by atoms with Crippen molar-refractivity contribution in [2.75, 3.05) is 0 Å². The Morgan fingerprint density at radius 2 is 1.68 bits per heavy atom. The Labute approximate surface area is 121 Å². The van der Waals surface area contributed by atoms with E-state index in [9.17, 15) is 22.0 Å². The molecule has 2 aromatic heterocycles. The Bertz CT molecular complexity index is 763. The zero-order valence-electron chi connectivity index (χ0n) is 11.7. The lowest BCUT2D eigenvalue weighted by Crippen LogP contribution is -2.35. The van der Waals surface area contributed by atoms with Crippen LogP contribution in [0.25, 0.3) is 5.65 Å². The van der Waals surface area contributed by atoms with Gasteiger partial charge in [0.2, 0.25) is 5.82 Å². The van der Waals surface area contributed by atoms with Crippen molar-refractivity contribution in [3.63, 3.8) is 0 Å². The Balaban J connectivity index is 2.74. The van der Waals surface area contributed by atoms with E-state index < -0.39 is 29.0 Å². The maximum atomic E-state index is 13.4. The highest BCUT2D eigenvalue weighted by atomic mass is 19.4. The van der Waals surface area contributed by atoms with Crippen molar-refractivity contribution >= 4 is 5.65 Å². The molecule has 22 heavy (non-hydrogen) atoms. The fraction of sp³-hybridized carbons (Fsp3) is 0.500. The molecule has 0 saturated carbocycles. The van der Waals surface area contributed by atoms with Crippen LogP contribution in [0.2, 0.25) is 0 Å². The first kappa shape index (κ1) is 16.1. The van der Waals surface area contributed by atoms with Gasteiger partial charge in [0, 0.05) is 11.5 Å². The van der Waals surface area contributed by atoms with Crippen LogP contribution in [-0.2, 0) is 11.3 Å². The van der Waals surface area contributed by atoms with E-state index in [4.69, 9.17) is 5.26 Å². The third-order valence-corrected chi connectivity index (χ3v) is 2.77. The van der Waals surface area contributed by atoms with E-state index in [1.165, 1.54) is 6.07 Å². The number of aromatic nitrogens is 4. The molecule has 0 amide bonds. The van der Waals surface area contributed by atoms with Crippen LogP contribution in [0, 0.1) is 11.3 Å². The van der Waals surface area contributed by atoms with Crippen LogP contribution in [0.4, 0.5) is 22.0 Å². The van der Waals surface area contributed by atoms with Crippen LogP contribution in [0.15, 0.2) is 6.07 Å². The number of alkyl halides is 5. The van der Waals surface area contributed by atoms with Gasteiger partial charge in [-0.05, 0) is 0 Å². The molecule has 0 saturated heterocycles. The monoisotopic (exact) mass is 319 g/mol. The first-order valence-electron chi connectivity index (χ1n) is 6.01. The molecule has 0 atom stereocenters. The largest absolute Gasteiger partial charge is 0.459 e. The molecule has 0 spiro atoms. The summed E-state index contributed by atoms with van der Waals surface area (Å²) in [6, 6.07) is 1.93. The normalized spacial score (nSPS) is 13.4. The predicted octanol–water partition coefficient (Wildman–Crippen LogP) is 2.95. The minimum atomic E-state index is -5.82. The summed E-state index contributed by atoms with van der Waals surface area (Å²) < 4.78 is 64.9. The average Bonchev–Trinajstić information content (AvgIpc) is 2.79. The Morgan fingerprint density at radius 1 is 1.09 bits per heavy atom. The molecule has 5 nitrogen and oxygen atoms in total. The molecule has 0 aliphatic rings. The smallest absolute Gasteiger partial charge is 0.217 e. The van der Waals surface area contributed by atoms with Gasteiger partial charge >= 0.3 is 12.1 Å². The van der Waals surface area contributed by atoms with E-state index in [0.29, 0.717) is 6.07 Å². The topological polar surface area (TPSA) is 66.9 Å². The maximum absolute atomic E-state index is 13.4. The maximum Gasteiger partial charge on any atom is 0.459 e.